The van der Waals surface area contributed by atoms with Crippen LogP contribution in [0.2, 0.25) is 0 Å². The first-order chi connectivity index (χ1) is 13.3. The van der Waals surface area contributed by atoms with Crippen LogP contribution in [0.5, 0.6) is 0 Å². The Morgan fingerprint density at radius 3 is 3.07 bits per heavy atom. The van der Waals surface area contributed by atoms with Gasteiger partial charge in [0.2, 0.25) is 5.82 Å². The smallest absolute Gasteiger partial charge is 0.216 e. The van der Waals surface area contributed by atoms with E-state index in [2.05, 4.69) is 32.3 Å². The van der Waals surface area contributed by atoms with Crippen molar-refractivity contribution in [3.8, 4) is 11.6 Å². The summed E-state index contributed by atoms with van der Waals surface area (Å²) in [5, 5.41) is 10.5. The van der Waals surface area contributed by atoms with Crippen molar-refractivity contribution >= 4 is 5.96 Å². The molecule has 2 aromatic rings. The summed E-state index contributed by atoms with van der Waals surface area (Å²) >= 11 is 0. The van der Waals surface area contributed by atoms with Crippen molar-refractivity contribution in [2.24, 2.45) is 4.99 Å². The molecule has 0 aliphatic carbocycles. The highest BCUT2D eigenvalue weighted by molar-refractivity contribution is 5.80. The fraction of sp³-hybridized carbons (Fsp3) is 0.611. The van der Waals surface area contributed by atoms with Gasteiger partial charge in [-0.2, -0.15) is 0 Å². The maximum atomic E-state index is 5.94. The first-order valence-electron chi connectivity index (χ1n) is 9.55. The summed E-state index contributed by atoms with van der Waals surface area (Å²) in [4.78, 5) is 11.4. The lowest BCUT2D eigenvalue weighted by Gasteiger charge is -2.37. The van der Waals surface area contributed by atoms with Gasteiger partial charge >= 0.3 is 0 Å². The summed E-state index contributed by atoms with van der Waals surface area (Å²) < 4.78 is 17.1. The van der Waals surface area contributed by atoms with Crippen LogP contribution >= 0.6 is 0 Å². The Hall–Kier alpha value is -2.39. The number of rotatable bonds is 5. The third-order valence-corrected chi connectivity index (χ3v) is 4.76. The SMILES string of the molecule is CCNC(=NCc1nc(-c2ccco2)n[nH]1)N1CCOC(C2CCCO2)C1. The normalized spacial score (nSPS) is 23.7. The van der Waals surface area contributed by atoms with Gasteiger partial charge in [-0.1, -0.05) is 0 Å². The number of guanidine groups is 1. The topological polar surface area (TPSA) is 101 Å². The molecule has 2 aromatic heterocycles. The number of nitrogens with one attached hydrogen (secondary N) is 2. The van der Waals surface area contributed by atoms with Gasteiger partial charge < -0.3 is 24.1 Å². The molecule has 0 saturated carbocycles. The molecule has 0 aromatic carbocycles. The van der Waals surface area contributed by atoms with Gasteiger partial charge in [-0.15, -0.1) is 5.10 Å². The monoisotopic (exact) mass is 374 g/mol. The summed E-state index contributed by atoms with van der Waals surface area (Å²) in [7, 11) is 0. The number of aliphatic imine (C=N–C) groups is 1. The molecule has 27 heavy (non-hydrogen) atoms. The van der Waals surface area contributed by atoms with Gasteiger partial charge in [0, 0.05) is 26.2 Å². The third kappa shape index (κ3) is 4.30. The number of nitrogens with zero attached hydrogens (tertiary/aromatic N) is 4. The molecule has 146 valence electrons. The minimum Gasteiger partial charge on any atom is -0.461 e. The van der Waals surface area contributed by atoms with E-state index in [-0.39, 0.29) is 12.2 Å². The van der Waals surface area contributed by atoms with Gasteiger partial charge in [0.25, 0.3) is 0 Å². The van der Waals surface area contributed by atoms with Crippen LogP contribution in [-0.4, -0.2) is 71.1 Å². The van der Waals surface area contributed by atoms with Crippen molar-refractivity contribution < 1.29 is 13.9 Å². The highest BCUT2D eigenvalue weighted by atomic mass is 16.5. The van der Waals surface area contributed by atoms with Crippen molar-refractivity contribution in [1.82, 2.24) is 25.4 Å². The predicted octanol–water partition coefficient (Wildman–Crippen LogP) is 1.41. The number of hydrogen-bond donors (Lipinski definition) is 2. The second-order valence-electron chi connectivity index (χ2n) is 6.66. The lowest BCUT2D eigenvalue weighted by Crippen LogP contribution is -2.53. The fourth-order valence-electron chi connectivity index (χ4n) is 3.45. The molecule has 0 radical (unpaired) electrons. The van der Waals surface area contributed by atoms with Gasteiger partial charge in [-0.3, -0.25) is 5.10 Å². The number of aromatic nitrogens is 3. The van der Waals surface area contributed by atoms with Crippen LogP contribution in [0, 0.1) is 0 Å². The second kappa shape index (κ2) is 8.53. The maximum absolute atomic E-state index is 5.94. The van der Waals surface area contributed by atoms with Crippen molar-refractivity contribution in [2.75, 3.05) is 32.8 Å². The molecule has 2 aliphatic heterocycles. The van der Waals surface area contributed by atoms with E-state index in [1.165, 1.54) is 0 Å². The van der Waals surface area contributed by atoms with Gasteiger partial charge in [-0.25, -0.2) is 9.98 Å². The number of hydrogen-bond acceptors (Lipinski definition) is 6. The van der Waals surface area contributed by atoms with Gasteiger partial charge in [-0.05, 0) is 31.9 Å². The zero-order valence-electron chi connectivity index (χ0n) is 15.6. The van der Waals surface area contributed by atoms with E-state index in [0.29, 0.717) is 30.6 Å². The van der Waals surface area contributed by atoms with Crippen molar-refractivity contribution in [2.45, 2.75) is 38.5 Å². The molecule has 0 amide bonds. The zero-order valence-corrected chi connectivity index (χ0v) is 15.6. The van der Waals surface area contributed by atoms with Crippen LogP contribution in [0.1, 0.15) is 25.6 Å². The van der Waals surface area contributed by atoms with Crippen LogP contribution in [0.15, 0.2) is 27.8 Å². The molecule has 9 heteroatoms. The summed E-state index contributed by atoms with van der Waals surface area (Å²) in [5.74, 6) is 2.74. The standard InChI is InChI=1S/C18H26N6O3/c1-2-19-18(24-7-10-27-15(12-24)13-5-3-8-25-13)20-11-16-21-17(23-22-16)14-6-4-9-26-14/h4,6,9,13,15H,2-3,5,7-8,10-12H2,1H3,(H,19,20)(H,21,22,23). The van der Waals surface area contributed by atoms with Crippen molar-refractivity contribution in [3.63, 3.8) is 0 Å². The van der Waals surface area contributed by atoms with E-state index in [1.54, 1.807) is 6.26 Å². The van der Waals surface area contributed by atoms with Gasteiger partial charge in [0.15, 0.2) is 11.7 Å². The van der Waals surface area contributed by atoms with Crippen molar-refractivity contribution in [3.05, 3.63) is 24.2 Å². The molecule has 4 heterocycles. The summed E-state index contributed by atoms with van der Waals surface area (Å²) in [6, 6.07) is 3.65. The lowest BCUT2D eigenvalue weighted by atomic mass is 10.1. The molecule has 2 fully saturated rings. The third-order valence-electron chi connectivity index (χ3n) is 4.76. The van der Waals surface area contributed by atoms with Gasteiger partial charge in [0.1, 0.15) is 18.5 Å². The Balaban J connectivity index is 1.42. The lowest BCUT2D eigenvalue weighted by molar-refractivity contribution is -0.0817. The first kappa shape index (κ1) is 18.0. The van der Waals surface area contributed by atoms with E-state index in [9.17, 15) is 0 Å². The molecule has 2 aliphatic rings. The first-order valence-corrected chi connectivity index (χ1v) is 9.55. The van der Waals surface area contributed by atoms with Crippen LogP contribution in [-0.2, 0) is 16.0 Å². The number of morpholine rings is 1. The van der Waals surface area contributed by atoms with Crippen LogP contribution < -0.4 is 5.32 Å². The molecule has 0 bridgehead atoms. The van der Waals surface area contributed by atoms with Crippen LogP contribution in [0.3, 0.4) is 0 Å². The van der Waals surface area contributed by atoms with E-state index in [4.69, 9.17) is 18.9 Å². The van der Waals surface area contributed by atoms with E-state index >= 15 is 0 Å². The largest absolute Gasteiger partial charge is 0.461 e. The molecule has 2 saturated heterocycles. The summed E-state index contributed by atoms with van der Waals surface area (Å²) in [6.45, 7) is 6.39. The number of H-pyrrole nitrogens is 1. The summed E-state index contributed by atoms with van der Waals surface area (Å²) in [5.41, 5.74) is 0. The zero-order chi connectivity index (χ0) is 18.5. The second-order valence-corrected chi connectivity index (χ2v) is 6.66. The number of aromatic amines is 1. The average Bonchev–Trinajstić information content (AvgIpc) is 3.47. The highest BCUT2D eigenvalue weighted by Gasteiger charge is 2.32. The average molecular weight is 374 g/mol. The van der Waals surface area contributed by atoms with Crippen molar-refractivity contribution in [1.29, 1.82) is 0 Å². The Morgan fingerprint density at radius 1 is 1.37 bits per heavy atom. The minimum absolute atomic E-state index is 0.0981. The molecule has 2 unspecified atom stereocenters. The van der Waals surface area contributed by atoms with E-state index in [0.717, 1.165) is 45.0 Å². The number of ether oxygens (including phenoxy) is 2. The van der Waals surface area contributed by atoms with E-state index < -0.39 is 0 Å². The fourth-order valence-corrected chi connectivity index (χ4v) is 3.45. The van der Waals surface area contributed by atoms with E-state index in [1.807, 2.05) is 12.1 Å². The Kier molecular flexibility index (Phi) is 5.69. The Bertz CT molecular complexity index is 738. The molecule has 0 spiro atoms. The van der Waals surface area contributed by atoms with Crippen LogP contribution in [0.25, 0.3) is 11.6 Å². The maximum Gasteiger partial charge on any atom is 0.216 e. The van der Waals surface area contributed by atoms with Crippen LogP contribution in [0.4, 0.5) is 0 Å². The number of furan rings is 1. The molecular formula is C18H26N6O3. The molecule has 2 N–H and O–H groups in total. The molecule has 2 atom stereocenters. The molecule has 9 nitrogen and oxygen atoms in total. The quantitative estimate of drug-likeness (QED) is 0.603. The van der Waals surface area contributed by atoms with Gasteiger partial charge in [0.05, 0.1) is 19.0 Å². The predicted molar refractivity (Wildman–Crippen MR) is 99.2 cm³/mol. The summed E-state index contributed by atoms with van der Waals surface area (Å²) in [6.07, 6.45) is 4.08. The Morgan fingerprint density at radius 2 is 2.30 bits per heavy atom. The molecular weight excluding hydrogens is 348 g/mol. The Labute approximate surface area is 158 Å². The molecule has 4 rings (SSSR count). The minimum atomic E-state index is 0.0981. The highest BCUT2D eigenvalue weighted by Crippen LogP contribution is 2.21.